The highest BCUT2D eigenvalue weighted by Gasteiger charge is 2.36. The van der Waals surface area contributed by atoms with Crippen molar-refractivity contribution in [2.75, 3.05) is 0 Å². The van der Waals surface area contributed by atoms with E-state index in [2.05, 4.69) is 134 Å². The lowest BCUT2D eigenvalue weighted by molar-refractivity contribution is 0.661. The molecule has 6 aromatic carbocycles. The summed E-state index contributed by atoms with van der Waals surface area (Å²) in [5, 5.41) is 15.3. The van der Waals surface area contributed by atoms with Crippen LogP contribution in [-0.2, 0) is 5.41 Å². The largest absolute Gasteiger partial charge is 0.309 e. The number of rotatable bonds is 2. The van der Waals surface area contributed by atoms with Gasteiger partial charge in [-0.15, -0.1) is 11.3 Å². The molecule has 1 aliphatic rings. The van der Waals surface area contributed by atoms with Crippen molar-refractivity contribution >= 4 is 53.3 Å². The number of nitriles is 1. The summed E-state index contributed by atoms with van der Waals surface area (Å²) >= 11 is 1.88. The first kappa shape index (κ1) is 24.4. The minimum atomic E-state index is -0.0234. The van der Waals surface area contributed by atoms with Crippen LogP contribution in [0.1, 0.15) is 30.5 Å². The second kappa shape index (κ2) is 8.67. The average molecular weight is 567 g/mol. The molecule has 2 aromatic heterocycles. The van der Waals surface area contributed by atoms with Crippen molar-refractivity contribution in [2.24, 2.45) is 0 Å². The van der Waals surface area contributed by atoms with Gasteiger partial charge in [0.2, 0.25) is 0 Å². The van der Waals surface area contributed by atoms with Gasteiger partial charge in [-0.3, -0.25) is 0 Å². The van der Waals surface area contributed by atoms with Crippen molar-refractivity contribution < 1.29 is 0 Å². The summed E-state index contributed by atoms with van der Waals surface area (Å²) in [5.74, 6) is 0. The maximum atomic E-state index is 10.4. The van der Waals surface area contributed by atoms with E-state index < -0.39 is 0 Å². The Morgan fingerprint density at radius 1 is 0.628 bits per heavy atom. The van der Waals surface area contributed by atoms with Gasteiger partial charge in [-0.2, -0.15) is 5.26 Å². The van der Waals surface area contributed by atoms with E-state index in [1.54, 1.807) is 0 Å². The van der Waals surface area contributed by atoms with Crippen LogP contribution in [0.25, 0.3) is 69.9 Å². The number of nitrogens with zero attached hydrogens (tertiary/aromatic N) is 2. The Labute approximate surface area is 253 Å². The third-order valence-electron chi connectivity index (χ3n) is 9.46. The van der Waals surface area contributed by atoms with Crippen LogP contribution in [0.15, 0.2) is 121 Å². The average Bonchev–Trinajstić information content (AvgIpc) is 3.66. The first-order valence-electron chi connectivity index (χ1n) is 14.7. The fourth-order valence-electron chi connectivity index (χ4n) is 7.48. The van der Waals surface area contributed by atoms with E-state index in [0.717, 1.165) is 27.8 Å². The molecule has 3 heteroatoms. The number of aromatic nitrogens is 1. The zero-order chi connectivity index (χ0) is 28.9. The molecule has 202 valence electrons. The molecule has 0 saturated carbocycles. The summed E-state index contributed by atoms with van der Waals surface area (Å²) in [6.45, 7) is 4.67. The summed E-state index contributed by atoms with van der Waals surface area (Å²) in [6, 6.07) is 46.0. The number of hydrogen-bond acceptors (Lipinski definition) is 2. The van der Waals surface area contributed by atoms with Gasteiger partial charge in [0.25, 0.3) is 0 Å². The van der Waals surface area contributed by atoms with Gasteiger partial charge >= 0.3 is 0 Å². The maximum Gasteiger partial charge on any atom is 0.0998 e. The van der Waals surface area contributed by atoms with E-state index in [9.17, 15) is 5.26 Å². The van der Waals surface area contributed by atoms with Gasteiger partial charge in [-0.1, -0.05) is 98.8 Å². The minimum Gasteiger partial charge on any atom is -0.309 e. The highest BCUT2D eigenvalue weighted by atomic mass is 32.1. The minimum absolute atomic E-state index is 0.0234. The molecular formula is C40H26N2S. The molecule has 9 rings (SSSR count). The van der Waals surface area contributed by atoms with Gasteiger partial charge in [-0.25, -0.2) is 0 Å². The third kappa shape index (κ3) is 3.22. The lowest BCUT2D eigenvalue weighted by Gasteiger charge is -2.21. The van der Waals surface area contributed by atoms with Crippen LogP contribution in [0.4, 0.5) is 0 Å². The molecule has 0 N–H and O–H groups in total. The van der Waals surface area contributed by atoms with Crippen molar-refractivity contribution in [1.82, 2.24) is 4.57 Å². The molecule has 2 heterocycles. The monoisotopic (exact) mass is 566 g/mol. The number of thiophene rings is 1. The Morgan fingerprint density at radius 3 is 2.12 bits per heavy atom. The Bertz CT molecular complexity index is 2450. The van der Waals surface area contributed by atoms with Gasteiger partial charge in [0.15, 0.2) is 0 Å². The second-order valence-electron chi connectivity index (χ2n) is 12.0. The van der Waals surface area contributed by atoms with Crippen molar-refractivity contribution in [1.29, 1.82) is 5.26 Å². The molecule has 8 aromatic rings. The van der Waals surface area contributed by atoms with Crippen LogP contribution < -0.4 is 0 Å². The second-order valence-corrected chi connectivity index (χ2v) is 13.1. The summed E-state index contributed by atoms with van der Waals surface area (Å²) < 4.78 is 4.93. The summed E-state index contributed by atoms with van der Waals surface area (Å²) in [6.07, 6.45) is 0. The third-order valence-corrected chi connectivity index (χ3v) is 10.7. The topological polar surface area (TPSA) is 28.7 Å². The molecule has 0 radical (unpaired) electrons. The van der Waals surface area contributed by atoms with Crippen LogP contribution in [-0.4, -0.2) is 4.57 Å². The Balaban J connectivity index is 1.33. The lowest BCUT2D eigenvalue weighted by Crippen LogP contribution is -2.14. The molecule has 0 spiro atoms. The van der Waals surface area contributed by atoms with Gasteiger partial charge in [0, 0.05) is 47.5 Å². The predicted octanol–water partition coefficient (Wildman–Crippen LogP) is 11.0. The zero-order valence-electron chi connectivity index (χ0n) is 23.8. The fraction of sp³-hybridized carbons (Fsp3) is 0.0750. The van der Waals surface area contributed by atoms with Gasteiger partial charge < -0.3 is 4.57 Å². The van der Waals surface area contributed by atoms with E-state index in [1.165, 1.54) is 53.2 Å². The SMILES string of the molecule is CC1(C)c2ccccc2-c2c1ccc1c2sc2ccc(-c3c(C#N)cccc3-n3c4ccccc4c4ccccc43)cc21. The van der Waals surface area contributed by atoms with Gasteiger partial charge in [-0.05, 0) is 58.7 Å². The fourth-order valence-corrected chi connectivity index (χ4v) is 8.73. The normalized spacial score (nSPS) is 13.5. The van der Waals surface area contributed by atoms with Crippen molar-refractivity contribution in [3.63, 3.8) is 0 Å². The zero-order valence-corrected chi connectivity index (χ0v) is 24.7. The Kier molecular flexibility index (Phi) is 4.93. The number of fused-ring (bicyclic) bond motifs is 10. The molecule has 1 aliphatic carbocycles. The van der Waals surface area contributed by atoms with E-state index in [0.29, 0.717) is 5.56 Å². The molecule has 0 atom stereocenters. The summed E-state index contributed by atoms with van der Waals surface area (Å²) in [5.41, 5.74) is 11.5. The summed E-state index contributed by atoms with van der Waals surface area (Å²) in [4.78, 5) is 0. The van der Waals surface area contributed by atoms with E-state index in [1.807, 2.05) is 23.5 Å². The van der Waals surface area contributed by atoms with E-state index >= 15 is 0 Å². The van der Waals surface area contributed by atoms with Crippen molar-refractivity contribution in [3.05, 3.63) is 138 Å². The van der Waals surface area contributed by atoms with Crippen LogP contribution in [0.3, 0.4) is 0 Å². The van der Waals surface area contributed by atoms with Crippen LogP contribution in [0.2, 0.25) is 0 Å². The predicted molar refractivity (Wildman–Crippen MR) is 181 cm³/mol. The first-order valence-corrected chi connectivity index (χ1v) is 15.5. The van der Waals surface area contributed by atoms with Crippen LogP contribution >= 0.6 is 11.3 Å². The van der Waals surface area contributed by atoms with Gasteiger partial charge in [0.05, 0.1) is 28.4 Å². The molecule has 0 unspecified atom stereocenters. The first-order chi connectivity index (χ1) is 21.1. The van der Waals surface area contributed by atoms with E-state index in [4.69, 9.17) is 0 Å². The van der Waals surface area contributed by atoms with E-state index in [-0.39, 0.29) is 5.41 Å². The molecule has 43 heavy (non-hydrogen) atoms. The molecule has 0 fully saturated rings. The standard InChI is InChI=1S/C40H26N2S/c1-40(2)31-14-6-3-13-29(31)38-32(40)20-19-28-30-22-24(18-21-36(30)43-39(28)38)37-25(23-41)10-9-17-35(37)42-33-15-7-4-11-26(33)27-12-5-8-16-34(27)42/h3-22H,1-2H3. The van der Waals surface area contributed by atoms with Crippen molar-refractivity contribution in [3.8, 4) is 34.0 Å². The molecule has 0 amide bonds. The number of benzene rings is 6. The molecule has 0 saturated heterocycles. The quantitative estimate of drug-likeness (QED) is 0.205. The van der Waals surface area contributed by atoms with Crippen molar-refractivity contribution in [2.45, 2.75) is 19.3 Å². The number of para-hydroxylation sites is 2. The molecular weight excluding hydrogens is 541 g/mol. The van der Waals surface area contributed by atoms with Crippen LogP contribution in [0, 0.1) is 11.3 Å². The highest BCUT2D eigenvalue weighted by molar-refractivity contribution is 7.26. The van der Waals surface area contributed by atoms with Crippen LogP contribution in [0.5, 0.6) is 0 Å². The molecule has 0 bridgehead atoms. The summed E-state index contributed by atoms with van der Waals surface area (Å²) in [7, 11) is 0. The smallest absolute Gasteiger partial charge is 0.0998 e. The Morgan fingerprint density at radius 2 is 1.35 bits per heavy atom. The molecule has 2 nitrogen and oxygen atoms in total. The Hall–Kier alpha value is -5.17. The lowest BCUT2D eigenvalue weighted by atomic mass is 9.82. The van der Waals surface area contributed by atoms with Gasteiger partial charge in [0.1, 0.15) is 0 Å². The molecule has 0 aliphatic heterocycles. The number of hydrogen-bond donors (Lipinski definition) is 0. The highest BCUT2D eigenvalue weighted by Crippen LogP contribution is 2.54. The maximum absolute atomic E-state index is 10.4.